The smallest absolute Gasteiger partial charge is 0.223 e. The molecule has 0 N–H and O–H groups in total. The summed E-state index contributed by atoms with van der Waals surface area (Å²) in [4.78, 5) is 14.9. The topological polar surface area (TPSA) is 59.2 Å². The summed E-state index contributed by atoms with van der Waals surface area (Å²) in [6, 6.07) is 0.478. The van der Waals surface area contributed by atoms with Gasteiger partial charge in [-0.2, -0.15) is 0 Å². The molecule has 2 bridgehead atoms. The van der Waals surface area contributed by atoms with Crippen molar-refractivity contribution in [1.29, 1.82) is 0 Å². The molecule has 0 radical (unpaired) electrons. The van der Waals surface area contributed by atoms with Crippen LogP contribution in [0.15, 0.2) is 4.42 Å². The third-order valence-electron chi connectivity index (χ3n) is 6.69. The van der Waals surface area contributed by atoms with Gasteiger partial charge in [-0.3, -0.25) is 4.79 Å². The summed E-state index contributed by atoms with van der Waals surface area (Å²) in [5.74, 6) is 4.60. The highest BCUT2D eigenvalue weighted by atomic mass is 16.4. The van der Waals surface area contributed by atoms with Gasteiger partial charge in [0.2, 0.25) is 17.7 Å². The number of aromatic nitrogens is 2. The number of aryl methyl sites for hydroxylation is 1. The SMILES string of the molecule is CC(C)c1nnc(CCC(=O)N2CCC[C@H]2C[C@@H]2C[C@H]3CC[C@H]2C3)o1. The van der Waals surface area contributed by atoms with Crippen molar-refractivity contribution in [1.82, 2.24) is 15.1 Å². The molecule has 0 aromatic carbocycles. The van der Waals surface area contributed by atoms with Crippen molar-refractivity contribution < 1.29 is 9.21 Å². The fraction of sp³-hybridized carbons (Fsp3) is 0.850. The van der Waals surface area contributed by atoms with Gasteiger partial charge >= 0.3 is 0 Å². The Morgan fingerprint density at radius 1 is 1.24 bits per heavy atom. The zero-order chi connectivity index (χ0) is 17.4. The average Bonchev–Trinajstić information content (AvgIpc) is 3.36. The van der Waals surface area contributed by atoms with Crippen LogP contribution in [0.2, 0.25) is 0 Å². The third kappa shape index (κ3) is 3.61. The molecule has 1 saturated heterocycles. The van der Waals surface area contributed by atoms with Crippen LogP contribution in [0.5, 0.6) is 0 Å². The second kappa shape index (κ2) is 7.08. The molecule has 4 rings (SSSR count). The maximum Gasteiger partial charge on any atom is 0.223 e. The van der Waals surface area contributed by atoms with E-state index in [1.807, 2.05) is 13.8 Å². The van der Waals surface area contributed by atoms with Gasteiger partial charge in [0.1, 0.15) is 0 Å². The molecule has 25 heavy (non-hydrogen) atoms. The van der Waals surface area contributed by atoms with Crippen LogP contribution in [0, 0.1) is 17.8 Å². The number of amides is 1. The van der Waals surface area contributed by atoms with E-state index >= 15 is 0 Å². The monoisotopic (exact) mass is 345 g/mol. The molecule has 1 aromatic rings. The first-order valence-electron chi connectivity index (χ1n) is 10.2. The molecule has 2 aliphatic carbocycles. The molecule has 0 spiro atoms. The lowest BCUT2D eigenvalue weighted by atomic mass is 9.83. The Kier molecular flexibility index (Phi) is 4.83. The van der Waals surface area contributed by atoms with E-state index < -0.39 is 0 Å². The van der Waals surface area contributed by atoms with E-state index in [-0.39, 0.29) is 11.8 Å². The van der Waals surface area contributed by atoms with Gasteiger partial charge in [-0.15, -0.1) is 10.2 Å². The Hall–Kier alpha value is -1.39. The fourth-order valence-electron chi connectivity index (χ4n) is 5.38. The molecule has 3 aliphatic rings. The van der Waals surface area contributed by atoms with Gasteiger partial charge in [0.15, 0.2) is 0 Å². The van der Waals surface area contributed by atoms with Crippen LogP contribution in [-0.2, 0) is 11.2 Å². The number of carbonyl (C=O) groups is 1. The summed E-state index contributed by atoms with van der Waals surface area (Å²) in [5, 5.41) is 8.13. The highest BCUT2D eigenvalue weighted by molar-refractivity contribution is 5.77. The summed E-state index contributed by atoms with van der Waals surface area (Å²) in [7, 11) is 0. The Labute approximate surface area is 150 Å². The minimum atomic E-state index is 0.238. The first kappa shape index (κ1) is 17.0. The van der Waals surface area contributed by atoms with Crippen molar-refractivity contribution in [2.75, 3.05) is 6.54 Å². The summed E-state index contributed by atoms with van der Waals surface area (Å²) in [5.41, 5.74) is 0. The average molecular weight is 345 g/mol. The Balaban J connectivity index is 1.29. The normalized spacial score (nSPS) is 31.4. The van der Waals surface area contributed by atoms with Gasteiger partial charge in [-0.25, -0.2) is 0 Å². The molecule has 0 unspecified atom stereocenters. The van der Waals surface area contributed by atoms with Gasteiger partial charge in [0, 0.05) is 31.3 Å². The molecule has 2 heterocycles. The van der Waals surface area contributed by atoms with Gasteiger partial charge in [0.25, 0.3) is 0 Å². The van der Waals surface area contributed by atoms with Gasteiger partial charge in [0.05, 0.1) is 0 Å². The fourth-order valence-corrected chi connectivity index (χ4v) is 5.38. The highest BCUT2D eigenvalue weighted by Gasteiger charge is 2.42. The van der Waals surface area contributed by atoms with E-state index in [0.29, 0.717) is 30.7 Å². The number of rotatable bonds is 6. The standard InChI is InChI=1S/C20H31N3O2/c1-13(2)20-22-21-18(25-20)7-8-19(24)23-9-3-4-17(23)12-16-11-14-5-6-15(16)10-14/h13-17H,3-12H2,1-2H3/t14-,15-,16-,17-/m0/s1. The van der Waals surface area contributed by atoms with Crippen molar-refractivity contribution in [3.8, 4) is 0 Å². The quantitative estimate of drug-likeness (QED) is 0.783. The number of likely N-dealkylation sites (tertiary alicyclic amines) is 1. The number of fused-ring (bicyclic) bond motifs is 2. The van der Waals surface area contributed by atoms with Crippen LogP contribution in [0.1, 0.15) is 82.9 Å². The summed E-state index contributed by atoms with van der Waals surface area (Å²) in [6.07, 6.45) is 10.4. The molecule has 1 amide bonds. The summed E-state index contributed by atoms with van der Waals surface area (Å²) < 4.78 is 5.63. The van der Waals surface area contributed by atoms with Crippen molar-refractivity contribution in [2.24, 2.45) is 17.8 Å². The van der Waals surface area contributed by atoms with Crippen LogP contribution in [0.4, 0.5) is 0 Å². The van der Waals surface area contributed by atoms with E-state index in [4.69, 9.17) is 4.42 Å². The Morgan fingerprint density at radius 3 is 2.80 bits per heavy atom. The minimum Gasteiger partial charge on any atom is -0.425 e. The van der Waals surface area contributed by atoms with E-state index in [2.05, 4.69) is 15.1 Å². The third-order valence-corrected chi connectivity index (χ3v) is 6.69. The zero-order valence-electron chi connectivity index (χ0n) is 15.6. The molecular formula is C20H31N3O2. The second-order valence-corrected chi connectivity index (χ2v) is 8.74. The van der Waals surface area contributed by atoms with Crippen LogP contribution in [0.25, 0.3) is 0 Å². The van der Waals surface area contributed by atoms with Gasteiger partial charge in [-0.1, -0.05) is 20.3 Å². The largest absolute Gasteiger partial charge is 0.425 e. The number of hydrogen-bond acceptors (Lipinski definition) is 4. The van der Waals surface area contributed by atoms with Crippen molar-refractivity contribution >= 4 is 5.91 Å². The van der Waals surface area contributed by atoms with Gasteiger partial charge in [-0.05, 0) is 56.3 Å². The van der Waals surface area contributed by atoms with E-state index in [1.54, 1.807) is 0 Å². The molecular weight excluding hydrogens is 314 g/mol. The Bertz CT molecular complexity index is 612. The first-order valence-corrected chi connectivity index (χ1v) is 10.2. The predicted octanol–water partition coefficient (Wildman–Crippen LogP) is 3.94. The summed E-state index contributed by atoms with van der Waals surface area (Å²) in [6.45, 7) is 5.01. The highest BCUT2D eigenvalue weighted by Crippen LogP contribution is 2.50. The summed E-state index contributed by atoms with van der Waals surface area (Å²) >= 11 is 0. The number of hydrogen-bond donors (Lipinski definition) is 0. The number of nitrogens with zero attached hydrogens (tertiary/aromatic N) is 3. The van der Waals surface area contributed by atoms with Crippen LogP contribution < -0.4 is 0 Å². The molecule has 4 atom stereocenters. The first-order chi connectivity index (χ1) is 12.1. The number of carbonyl (C=O) groups excluding carboxylic acids is 1. The van der Waals surface area contributed by atoms with Crippen LogP contribution >= 0.6 is 0 Å². The Morgan fingerprint density at radius 2 is 2.12 bits per heavy atom. The zero-order valence-corrected chi connectivity index (χ0v) is 15.6. The lowest BCUT2D eigenvalue weighted by Gasteiger charge is -2.30. The molecule has 2 saturated carbocycles. The minimum absolute atomic E-state index is 0.238. The lowest BCUT2D eigenvalue weighted by molar-refractivity contribution is -0.132. The van der Waals surface area contributed by atoms with Crippen molar-refractivity contribution in [3.63, 3.8) is 0 Å². The molecule has 5 nitrogen and oxygen atoms in total. The maximum absolute atomic E-state index is 12.7. The van der Waals surface area contributed by atoms with E-state index in [9.17, 15) is 4.79 Å². The van der Waals surface area contributed by atoms with E-state index in [1.165, 1.54) is 38.5 Å². The molecule has 1 aliphatic heterocycles. The maximum atomic E-state index is 12.7. The van der Waals surface area contributed by atoms with Crippen molar-refractivity contribution in [3.05, 3.63) is 11.8 Å². The van der Waals surface area contributed by atoms with Crippen LogP contribution in [-0.4, -0.2) is 33.6 Å². The second-order valence-electron chi connectivity index (χ2n) is 8.74. The predicted molar refractivity (Wildman–Crippen MR) is 95.0 cm³/mol. The van der Waals surface area contributed by atoms with Crippen molar-refractivity contribution in [2.45, 2.75) is 83.6 Å². The lowest BCUT2D eigenvalue weighted by Crippen LogP contribution is -2.37. The molecule has 1 aromatic heterocycles. The molecule has 5 heteroatoms. The molecule has 138 valence electrons. The molecule has 3 fully saturated rings. The van der Waals surface area contributed by atoms with Gasteiger partial charge < -0.3 is 9.32 Å². The van der Waals surface area contributed by atoms with Crippen LogP contribution in [0.3, 0.4) is 0 Å². The van der Waals surface area contributed by atoms with E-state index in [0.717, 1.165) is 30.7 Å².